The minimum Gasteiger partial charge on any atom is -0.328 e. The zero-order valence-corrected chi connectivity index (χ0v) is 11.2. The summed E-state index contributed by atoms with van der Waals surface area (Å²) < 4.78 is 1.01. The van der Waals surface area contributed by atoms with E-state index >= 15 is 0 Å². The largest absolute Gasteiger partial charge is 0.328 e. The number of amides is 1. The summed E-state index contributed by atoms with van der Waals surface area (Å²) in [6, 6.07) is 0. The van der Waals surface area contributed by atoms with E-state index in [2.05, 4.69) is 43.8 Å². The van der Waals surface area contributed by atoms with Gasteiger partial charge in [-0.2, -0.15) is 0 Å². The average molecular weight is 336 g/mol. The van der Waals surface area contributed by atoms with Crippen molar-refractivity contribution in [1.82, 2.24) is 5.32 Å². The molecule has 0 aliphatic carbocycles. The highest BCUT2D eigenvalue weighted by Gasteiger charge is 2.07. The number of nitrogens with two attached hydrogens (primary N) is 1. The standard InChI is InChI=1S/C10H12Br2N2O/c1-2-3-4-5-6-14-10(15)9(12)8(11)7-13/h2-6H,1,7,13H2,(H,14,15)/b4-3-,6-5+,9-8-. The van der Waals surface area contributed by atoms with Gasteiger partial charge < -0.3 is 11.1 Å². The van der Waals surface area contributed by atoms with Crippen molar-refractivity contribution in [2.75, 3.05) is 6.54 Å². The van der Waals surface area contributed by atoms with Gasteiger partial charge in [-0.3, -0.25) is 4.79 Å². The second kappa shape index (κ2) is 8.64. The fraction of sp³-hybridized carbons (Fsp3) is 0.100. The molecule has 0 radical (unpaired) electrons. The Bertz CT molecular complexity index is 319. The van der Waals surface area contributed by atoms with E-state index in [0.29, 0.717) is 8.96 Å². The van der Waals surface area contributed by atoms with Gasteiger partial charge in [0.2, 0.25) is 0 Å². The van der Waals surface area contributed by atoms with E-state index in [9.17, 15) is 4.79 Å². The van der Waals surface area contributed by atoms with Gasteiger partial charge in [0.1, 0.15) is 0 Å². The van der Waals surface area contributed by atoms with Crippen LogP contribution in [0.25, 0.3) is 0 Å². The molecule has 0 heterocycles. The third-order valence-corrected chi connectivity index (χ3v) is 3.38. The molecule has 82 valence electrons. The maximum Gasteiger partial charge on any atom is 0.263 e. The number of nitrogens with one attached hydrogen (secondary N) is 1. The van der Waals surface area contributed by atoms with Crippen LogP contribution in [-0.2, 0) is 4.79 Å². The quantitative estimate of drug-likeness (QED) is 0.598. The fourth-order valence-electron chi connectivity index (χ4n) is 0.598. The third-order valence-electron chi connectivity index (χ3n) is 1.29. The molecular formula is C10H12Br2N2O. The Morgan fingerprint density at radius 2 is 2.00 bits per heavy atom. The second-order valence-corrected chi connectivity index (χ2v) is 4.13. The number of carbonyl (C=O) groups excluding carboxylic acids is 1. The second-order valence-electron chi connectivity index (χ2n) is 2.38. The number of allylic oxidation sites excluding steroid dienone is 4. The molecule has 0 spiro atoms. The van der Waals surface area contributed by atoms with Gasteiger partial charge >= 0.3 is 0 Å². The number of hydrogen-bond acceptors (Lipinski definition) is 2. The van der Waals surface area contributed by atoms with Crippen LogP contribution < -0.4 is 11.1 Å². The molecule has 0 aliphatic heterocycles. The molecule has 5 heteroatoms. The zero-order chi connectivity index (χ0) is 11.7. The van der Waals surface area contributed by atoms with E-state index in [-0.39, 0.29) is 12.5 Å². The molecule has 0 aliphatic rings. The summed E-state index contributed by atoms with van der Waals surface area (Å²) in [7, 11) is 0. The minimum atomic E-state index is -0.254. The Balaban J connectivity index is 4.21. The summed E-state index contributed by atoms with van der Waals surface area (Å²) in [4.78, 5) is 11.4. The van der Waals surface area contributed by atoms with Crippen molar-refractivity contribution < 1.29 is 4.79 Å². The van der Waals surface area contributed by atoms with Gasteiger partial charge in [0, 0.05) is 17.2 Å². The number of hydrogen-bond donors (Lipinski definition) is 2. The van der Waals surface area contributed by atoms with Crippen molar-refractivity contribution in [3.8, 4) is 0 Å². The van der Waals surface area contributed by atoms with Gasteiger partial charge in [0.25, 0.3) is 5.91 Å². The molecule has 0 atom stereocenters. The smallest absolute Gasteiger partial charge is 0.263 e. The van der Waals surface area contributed by atoms with Crippen LogP contribution in [0.4, 0.5) is 0 Å². The van der Waals surface area contributed by atoms with Gasteiger partial charge in [-0.1, -0.05) is 40.7 Å². The normalized spacial score (nSPS) is 13.0. The monoisotopic (exact) mass is 334 g/mol. The SMILES string of the molecule is C=C/C=C\C=C\NC(=O)/C(Br)=C(/Br)CN. The molecule has 0 aromatic carbocycles. The van der Waals surface area contributed by atoms with Crippen LogP contribution in [-0.4, -0.2) is 12.5 Å². The number of halogens is 2. The molecule has 0 saturated carbocycles. The molecule has 0 saturated heterocycles. The Hall–Kier alpha value is -0.650. The van der Waals surface area contributed by atoms with Crippen molar-refractivity contribution in [1.29, 1.82) is 0 Å². The predicted molar refractivity (Wildman–Crippen MR) is 70.6 cm³/mol. The fourth-order valence-corrected chi connectivity index (χ4v) is 1.05. The molecule has 0 fully saturated rings. The highest BCUT2D eigenvalue weighted by Crippen LogP contribution is 2.16. The topological polar surface area (TPSA) is 55.1 Å². The van der Waals surface area contributed by atoms with E-state index in [1.54, 1.807) is 24.3 Å². The van der Waals surface area contributed by atoms with Crippen LogP contribution in [0, 0.1) is 0 Å². The van der Waals surface area contributed by atoms with Crippen LogP contribution in [0.3, 0.4) is 0 Å². The Morgan fingerprint density at radius 1 is 1.33 bits per heavy atom. The van der Waals surface area contributed by atoms with Gasteiger partial charge in [0.05, 0.1) is 4.48 Å². The van der Waals surface area contributed by atoms with Gasteiger partial charge in [-0.25, -0.2) is 0 Å². The predicted octanol–water partition coefficient (Wildman–Crippen LogP) is 2.32. The first-order valence-electron chi connectivity index (χ1n) is 4.12. The van der Waals surface area contributed by atoms with Gasteiger partial charge in [0.15, 0.2) is 0 Å². The summed E-state index contributed by atoms with van der Waals surface area (Å²) in [6.45, 7) is 3.78. The van der Waals surface area contributed by atoms with Crippen LogP contribution in [0.15, 0.2) is 46.0 Å². The zero-order valence-electron chi connectivity index (χ0n) is 8.04. The third kappa shape index (κ3) is 6.43. The summed E-state index contributed by atoms with van der Waals surface area (Å²) in [5.74, 6) is -0.254. The van der Waals surface area contributed by atoms with Gasteiger partial charge in [-0.05, 0) is 22.0 Å². The van der Waals surface area contributed by atoms with E-state index in [0.717, 1.165) is 0 Å². The van der Waals surface area contributed by atoms with Crippen LogP contribution in [0.5, 0.6) is 0 Å². The van der Waals surface area contributed by atoms with Crippen molar-refractivity contribution in [2.45, 2.75) is 0 Å². The maximum absolute atomic E-state index is 11.4. The first kappa shape index (κ1) is 14.3. The van der Waals surface area contributed by atoms with Crippen LogP contribution >= 0.6 is 31.9 Å². The molecule has 3 nitrogen and oxygen atoms in total. The molecular weight excluding hydrogens is 324 g/mol. The lowest BCUT2D eigenvalue weighted by atomic mass is 10.4. The molecule has 0 aromatic heterocycles. The van der Waals surface area contributed by atoms with E-state index in [1.807, 2.05) is 0 Å². The molecule has 0 aromatic rings. The lowest BCUT2D eigenvalue weighted by Gasteiger charge is -2.00. The van der Waals surface area contributed by atoms with Crippen molar-refractivity contribution in [3.05, 3.63) is 46.0 Å². The minimum absolute atomic E-state index is 0.254. The number of carbonyl (C=O) groups is 1. The first-order valence-corrected chi connectivity index (χ1v) is 5.71. The summed E-state index contributed by atoms with van der Waals surface area (Å²) in [5.41, 5.74) is 5.35. The van der Waals surface area contributed by atoms with E-state index in [1.165, 1.54) is 6.20 Å². The molecule has 0 rings (SSSR count). The van der Waals surface area contributed by atoms with E-state index < -0.39 is 0 Å². The average Bonchev–Trinajstić information content (AvgIpc) is 2.26. The Labute approximate surface area is 106 Å². The maximum atomic E-state index is 11.4. The molecule has 3 N–H and O–H groups in total. The highest BCUT2D eigenvalue weighted by molar-refractivity contribution is 9.14. The molecule has 0 bridgehead atoms. The lowest BCUT2D eigenvalue weighted by Crippen LogP contribution is -2.18. The Kier molecular flexibility index (Phi) is 8.27. The van der Waals surface area contributed by atoms with E-state index in [4.69, 9.17) is 5.73 Å². The molecule has 0 unspecified atom stereocenters. The first-order chi connectivity index (χ1) is 7.13. The molecule has 15 heavy (non-hydrogen) atoms. The number of rotatable bonds is 5. The van der Waals surface area contributed by atoms with Crippen molar-refractivity contribution in [3.63, 3.8) is 0 Å². The summed E-state index contributed by atoms with van der Waals surface area (Å²) in [6.07, 6.45) is 8.37. The van der Waals surface area contributed by atoms with Crippen LogP contribution in [0.2, 0.25) is 0 Å². The Morgan fingerprint density at radius 3 is 2.53 bits per heavy atom. The van der Waals surface area contributed by atoms with Crippen molar-refractivity contribution >= 4 is 37.8 Å². The van der Waals surface area contributed by atoms with Crippen molar-refractivity contribution in [2.24, 2.45) is 5.73 Å². The van der Waals surface area contributed by atoms with Gasteiger partial charge in [-0.15, -0.1) is 0 Å². The summed E-state index contributed by atoms with van der Waals surface area (Å²) in [5, 5.41) is 2.56. The summed E-state index contributed by atoms with van der Waals surface area (Å²) >= 11 is 6.30. The lowest BCUT2D eigenvalue weighted by molar-refractivity contribution is -0.115. The van der Waals surface area contributed by atoms with Crippen LogP contribution in [0.1, 0.15) is 0 Å². The highest BCUT2D eigenvalue weighted by atomic mass is 79.9. The molecule has 1 amide bonds.